The Morgan fingerprint density at radius 2 is 2.12 bits per heavy atom. The van der Waals surface area contributed by atoms with Gasteiger partial charge in [0.2, 0.25) is 0 Å². The molecule has 4 heteroatoms. The first-order valence-corrected chi connectivity index (χ1v) is 7.08. The minimum Gasteiger partial charge on any atom is -0.373 e. The molecule has 3 unspecified atom stereocenters. The van der Waals surface area contributed by atoms with Crippen molar-refractivity contribution in [3.63, 3.8) is 0 Å². The fourth-order valence-corrected chi connectivity index (χ4v) is 3.00. The Morgan fingerprint density at radius 1 is 1.24 bits per heavy atom. The lowest BCUT2D eigenvalue weighted by Crippen LogP contribution is -2.51. The molecule has 0 amide bonds. The molecule has 96 valence electrons. The predicted molar refractivity (Wildman–Crippen MR) is 68.2 cm³/mol. The van der Waals surface area contributed by atoms with Gasteiger partial charge in [0.05, 0.1) is 18.2 Å². The van der Waals surface area contributed by atoms with E-state index in [-0.39, 0.29) is 0 Å². The smallest absolute Gasteiger partial charge is 0.191 e. The Morgan fingerprint density at radius 3 is 2.65 bits per heavy atom. The summed E-state index contributed by atoms with van der Waals surface area (Å²) < 4.78 is 5.86. The van der Waals surface area contributed by atoms with Crippen LogP contribution in [0.3, 0.4) is 0 Å². The van der Waals surface area contributed by atoms with Gasteiger partial charge in [-0.05, 0) is 45.4 Å². The van der Waals surface area contributed by atoms with Crippen molar-refractivity contribution in [2.75, 3.05) is 6.54 Å². The van der Waals surface area contributed by atoms with Crippen LogP contribution in [0.1, 0.15) is 45.4 Å². The number of nitrogens with zero attached hydrogens (tertiary/aromatic N) is 1. The molecular weight excluding hydrogens is 214 g/mol. The number of hydrogen-bond donors (Lipinski definition) is 2. The molecule has 3 rings (SSSR count). The molecule has 1 saturated carbocycles. The maximum Gasteiger partial charge on any atom is 0.191 e. The molecule has 2 bridgehead atoms. The molecule has 17 heavy (non-hydrogen) atoms. The molecule has 2 N–H and O–H groups in total. The Kier molecular flexibility index (Phi) is 3.23. The van der Waals surface area contributed by atoms with Crippen molar-refractivity contribution in [3.8, 4) is 0 Å². The quantitative estimate of drug-likeness (QED) is 0.576. The van der Waals surface area contributed by atoms with E-state index in [1.165, 1.54) is 32.1 Å². The number of rotatable bonds is 3. The summed E-state index contributed by atoms with van der Waals surface area (Å²) in [6.45, 7) is 2.92. The molecule has 2 heterocycles. The Hall–Kier alpha value is -0.770. The van der Waals surface area contributed by atoms with Crippen molar-refractivity contribution in [1.82, 2.24) is 10.6 Å². The first-order valence-electron chi connectivity index (χ1n) is 7.08. The minimum atomic E-state index is 0.422. The van der Waals surface area contributed by atoms with E-state index in [0.29, 0.717) is 24.3 Å². The Balaban J connectivity index is 1.54. The SMILES string of the molecule is CCN=C(NC1CCC1)NC1CC2CCC1O2. The first kappa shape index (κ1) is 11.3. The first-order chi connectivity index (χ1) is 8.35. The Bertz CT molecular complexity index is 301. The number of ether oxygens (including phenoxy) is 1. The predicted octanol–water partition coefficient (Wildman–Crippen LogP) is 1.41. The van der Waals surface area contributed by atoms with Crippen LogP contribution in [0.5, 0.6) is 0 Å². The number of fused-ring (bicyclic) bond motifs is 2. The fourth-order valence-electron chi connectivity index (χ4n) is 3.00. The summed E-state index contributed by atoms with van der Waals surface area (Å²) in [5.74, 6) is 0.998. The van der Waals surface area contributed by atoms with Gasteiger partial charge in [-0.3, -0.25) is 4.99 Å². The molecular formula is C13H23N3O. The van der Waals surface area contributed by atoms with Gasteiger partial charge in [-0.1, -0.05) is 0 Å². The molecule has 0 aromatic carbocycles. The van der Waals surface area contributed by atoms with Crippen LogP contribution in [0.15, 0.2) is 4.99 Å². The molecule has 0 aromatic rings. The highest BCUT2D eigenvalue weighted by atomic mass is 16.5. The van der Waals surface area contributed by atoms with Gasteiger partial charge in [0.25, 0.3) is 0 Å². The molecule has 1 aliphatic carbocycles. The number of guanidine groups is 1. The van der Waals surface area contributed by atoms with Gasteiger partial charge in [0.15, 0.2) is 5.96 Å². The summed E-state index contributed by atoms with van der Waals surface area (Å²) in [6, 6.07) is 1.12. The van der Waals surface area contributed by atoms with E-state index in [4.69, 9.17) is 4.74 Å². The van der Waals surface area contributed by atoms with Crippen LogP contribution in [0.2, 0.25) is 0 Å². The zero-order valence-corrected chi connectivity index (χ0v) is 10.6. The fraction of sp³-hybridized carbons (Fsp3) is 0.923. The molecule has 3 atom stereocenters. The summed E-state index contributed by atoms with van der Waals surface area (Å²) >= 11 is 0. The Labute approximate surface area is 103 Å². The monoisotopic (exact) mass is 237 g/mol. The van der Waals surface area contributed by atoms with Crippen LogP contribution >= 0.6 is 0 Å². The molecule has 0 aromatic heterocycles. The van der Waals surface area contributed by atoms with Crippen LogP contribution in [0.25, 0.3) is 0 Å². The second kappa shape index (κ2) is 4.84. The molecule has 2 aliphatic heterocycles. The van der Waals surface area contributed by atoms with Gasteiger partial charge in [0.1, 0.15) is 0 Å². The van der Waals surface area contributed by atoms with E-state index in [9.17, 15) is 0 Å². The van der Waals surface area contributed by atoms with Crippen LogP contribution in [0.4, 0.5) is 0 Å². The second-order valence-corrected chi connectivity index (χ2v) is 5.46. The van der Waals surface area contributed by atoms with E-state index in [2.05, 4.69) is 22.5 Å². The van der Waals surface area contributed by atoms with Crippen molar-refractivity contribution in [2.24, 2.45) is 4.99 Å². The average molecular weight is 237 g/mol. The van der Waals surface area contributed by atoms with Crippen molar-refractivity contribution in [3.05, 3.63) is 0 Å². The maximum absolute atomic E-state index is 5.86. The van der Waals surface area contributed by atoms with Crippen LogP contribution in [-0.2, 0) is 4.74 Å². The molecule has 4 nitrogen and oxygen atoms in total. The van der Waals surface area contributed by atoms with Gasteiger partial charge in [-0.2, -0.15) is 0 Å². The zero-order chi connectivity index (χ0) is 11.7. The zero-order valence-electron chi connectivity index (χ0n) is 10.6. The van der Waals surface area contributed by atoms with Gasteiger partial charge >= 0.3 is 0 Å². The third-order valence-corrected chi connectivity index (χ3v) is 4.19. The normalized spacial score (nSPS) is 37.0. The van der Waals surface area contributed by atoms with E-state index >= 15 is 0 Å². The summed E-state index contributed by atoms with van der Waals surface area (Å²) in [5, 5.41) is 7.09. The lowest BCUT2D eigenvalue weighted by Gasteiger charge is -2.30. The second-order valence-electron chi connectivity index (χ2n) is 5.46. The molecule has 2 saturated heterocycles. The third-order valence-electron chi connectivity index (χ3n) is 4.19. The molecule has 3 fully saturated rings. The maximum atomic E-state index is 5.86. The summed E-state index contributed by atoms with van der Waals surface area (Å²) in [7, 11) is 0. The minimum absolute atomic E-state index is 0.422. The van der Waals surface area contributed by atoms with E-state index in [1.807, 2.05) is 0 Å². The largest absolute Gasteiger partial charge is 0.373 e. The van der Waals surface area contributed by atoms with Crippen molar-refractivity contribution >= 4 is 5.96 Å². The number of aliphatic imine (C=N–C) groups is 1. The summed E-state index contributed by atoms with van der Waals surface area (Å²) in [6.07, 6.45) is 8.47. The van der Waals surface area contributed by atoms with Gasteiger partial charge in [-0.15, -0.1) is 0 Å². The molecule has 0 spiro atoms. The molecule has 0 radical (unpaired) electrons. The van der Waals surface area contributed by atoms with E-state index in [0.717, 1.165) is 18.9 Å². The highest BCUT2D eigenvalue weighted by Gasteiger charge is 2.41. The van der Waals surface area contributed by atoms with Crippen LogP contribution in [-0.4, -0.2) is 36.8 Å². The van der Waals surface area contributed by atoms with Crippen molar-refractivity contribution < 1.29 is 4.74 Å². The summed E-state index contributed by atoms with van der Waals surface area (Å²) in [5.41, 5.74) is 0. The third kappa shape index (κ3) is 2.41. The van der Waals surface area contributed by atoms with Gasteiger partial charge in [-0.25, -0.2) is 0 Å². The number of hydrogen-bond acceptors (Lipinski definition) is 2. The highest BCUT2D eigenvalue weighted by molar-refractivity contribution is 5.80. The topological polar surface area (TPSA) is 45.7 Å². The molecule has 3 aliphatic rings. The van der Waals surface area contributed by atoms with Crippen LogP contribution < -0.4 is 10.6 Å². The average Bonchev–Trinajstić information content (AvgIpc) is 2.85. The lowest BCUT2D eigenvalue weighted by atomic mass is 9.93. The lowest BCUT2D eigenvalue weighted by molar-refractivity contribution is 0.0991. The van der Waals surface area contributed by atoms with Gasteiger partial charge in [0, 0.05) is 12.6 Å². The number of nitrogens with one attached hydrogen (secondary N) is 2. The highest BCUT2D eigenvalue weighted by Crippen LogP contribution is 2.34. The van der Waals surface area contributed by atoms with E-state index < -0.39 is 0 Å². The van der Waals surface area contributed by atoms with Crippen molar-refractivity contribution in [2.45, 2.75) is 69.7 Å². The van der Waals surface area contributed by atoms with E-state index in [1.54, 1.807) is 0 Å². The summed E-state index contributed by atoms with van der Waals surface area (Å²) in [4.78, 5) is 4.53. The van der Waals surface area contributed by atoms with Crippen molar-refractivity contribution in [1.29, 1.82) is 0 Å². The van der Waals surface area contributed by atoms with Crippen LogP contribution in [0, 0.1) is 0 Å². The standard InChI is InChI=1S/C13H23N3O/c1-2-14-13(15-9-4-3-5-9)16-11-8-10-6-7-12(11)17-10/h9-12H,2-8H2,1H3,(H2,14,15,16). The van der Waals surface area contributed by atoms with Gasteiger partial charge < -0.3 is 15.4 Å².